The first kappa shape index (κ1) is 13.0. The predicted octanol–water partition coefficient (Wildman–Crippen LogP) is 1.59. The lowest BCUT2D eigenvalue weighted by atomic mass is 9.68. The van der Waals surface area contributed by atoms with Crippen molar-refractivity contribution < 1.29 is 4.79 Å². The number of aromatic nitrogens is 4. The number of carbonyl (C=O) groups is 1. The van der Waals surface area contributed by atoms with Crippen molar-refractivity contribution >= 4 is 5.91 Å². The van der Waals surface area contributed by atoms with Crippen molar-refractivity contribution in [2.45, 2.75) is 52.5 Å². The van der Waals surface area contributed by atoms with Gasteiger partial charge in [0.25, 0.3) is 0 Å². The Hall–Kier alpha value is -1.46. The van der Waals surface area contributed by atoms with E-state index in [1.165, 1.54) is 6.42 Å². The molecule has 2 rings (SSSR count). The molecule has 2 unspecified atom stereocenters. The molecule has 1 aliphatic rings. The second-order valence-corrected chi connectivity index (χ2v) is 5.79. The van der Waals surface area contributed by atoms with Gasteiger partial charge in [0.2, 0.25) is 5.91 Å². The minimum atomic E-state index is -0.200. The molecule has 0 bridgehead atoms. The van der Waals surface area contributed by atoms with Gasteiger partial charge in [-0.05, 0) is 25.2 Å². The summed E-state index contributed by atoms with van der Waals surface area (Å²) in [5.41, 5.74) is 0.0826. The Morgan fingerprint density at radius 1 is 1.50 bits per heavy atom. The lowest BCUT2D eigenvalue weighted by Crippen LogP contribution is -2.42. The highest BCUT2D eigenvalue weighted by Crippen LogP contribution is 2.40. The number of nitrogens with zero attached hydrogens (tertiary/aromatic N) is 3. The van der Waals surface area contributed by atoms with E-state index in [9.17, 15) is 4.79 Å². The van der Waals surface area contributed by atoms with Crippen molar-refractivity contribution in [3.63, 3.8) is 0 Å². The molecule has 2 N–H and O–H groups in total. The molecule has 1 amide bonds. The topological polar surface area (TPSA) is 83.6 Å². The predicted molar refractivity (Wildman–Crippen MR) is 66.5 cm³/mol. The quantitative estimate of drug-likeness (QED) is 0.854. The van der Waals surface area contributed by atoms with Crippen molar-refractivity contribution in [1.82, 2.24) is 25.9 Å². The molecule has 1 aromatic rings. The fraction of sp³-hybridized carbons (Fsp3) is 0.833. The first-order valence-corrected chi connectivity index (χ1v) is 6.54. The number of aromatic amines is 1. The zero-order chi connectivity index (χ0) is 13.2. The third-order valence-electron chi connectivity index (χ3n) is 3.93. The van der Waals surface area contributed by atoms with Crippen LogP contribution in [0, 0.1) is 11.3 Å². The summed E-state index contributed by atoms with van der Waals surface area (Å²) in [6.45, 7) is 6.23. The number of carbonyl (C=O) groups excluding carboxylic acids is 1. The van der Waals surface area contributed by atoms with Crippen molar-refractivity contribution in [1.29, 1.82) is 0 Å². The average molecular weight is 251 g/mol. The molecule has 6 heteroatoms. The summed E-state index contributed by atoms with van der Waals surface area (Å²) < 4.78 is 0. The number of rotatable bonds is 3. The fourth-order valence-corrected chi connectivity index (χ4v) is 2.71. The Bertz CT molecular complexity index is 401. The van der Waals surface area contributed by atoms with Crippen LogP contribution in [0.3, 0.4) is 0 Å². The van der Waals surface area contributed by atoms with Crippen molar-refractivity contribution in [3.8, 4) is 0 Å². The largest absolute Gasteiger partial charge is 0.346 e. The summed E-state index contributed by atoms with van der Waals surface area (Å²) in [4.78, 5) is 12.3. The standard InChI is InChI=1S/C12H21N5O/c1-8(10-14-16-17-15-10)13-11(18)9-6-4-5-7-12(9,2)3/h8-9H,4-7H2,1-3H3,(H,13,18)(H,14,15,16,17). The third-order valence-corrected chi connectivity index (χ3v) is 3.93. The number of tetrazole rings is 1. The van der Waals surface area contributed by atoms with E-state index in [2.05, 4.69) is 39.8 Å². The lowest BCUT2D eigenvalue weighted by molar-refractivity contribution is -0.130. The van der Waals surface area contributed by atoms with Crippen LogP contribution in [0.2, 0.25) is 0 Å². The molecule has 0 aliphatic heterocycles. The molecule has 1 aliphatic carbocycles. The Morgan fingerprint density at radius 2 is 2.28 bits per heavy atom. The second kappa shape index (κ2) is 5.04. The van der Waals surface area contributed by atoms with E-state index in [1.807, 2.05) is 6.92 Å². The number of nitrogens with one attached hydrogen (secondary N) is 2. The van der Waals surface area contributed by atoms with Gasteiger partial charge in [-0.25, -0.2) is 0 Å². The Morgan fingerprint density at radius 3 is 2.89 bits per heavy atom. The highest BCUT2D eigenvalue weighted by atomic mass is 16.2. The Balaban J connectivity index is 1.99. The number of amides is 1. The van der Waals surface area contributed by atoms with Crippen molar-refractivity contribution in [3.05, 3.63) is 5.82 Å². The maximum absolute atomic E-state index is 12.3. The molecule has 1 fully saturated rings. The van der Waals surface area contributed by atoms with Crippen LogP contribution in [0.1, 0.15) is 58.3 Å². The third kappa shape index (κ3) is 2.68. The van der Waals surface area contributed by atoms with Crippen LogP contribution in [-0.4, -0.2) is 26.5 Å². The molecule has 1 heterocycles. The Labute approximate surface area is 107 Å². The highest BCUT2D eigenvalue weighted by molar-refractivity contribution is 5.79. The summed E-state index contributed by atoms with van der Waals surface area (Å²) in [6, 6.07) is -0.200. The van der Waals surface area contributed by atoms with Gasteiger partial charge in [-0.15, -0.1) is 10.2 Å². The van der Waals surface area contributed by atoms with Crippen LogP contribution < -0.4 is 5.32 Å². The van der Waals surface area contributed by atoms with Crippen molar-refractivity contribution in [2.75, 3.05) is 0 Å². The maximum atomic E-state index is 12.3. The second-order valence-electron chi connectivity index (χ2n) is 5.79. The van der Waals surface area contributed by atoms with Gasteiger partial charge in [0.15, 0.2) is 5.82 Å². The zero-order valence-corrected chi connectivity index (χ0v) is 11.2. The summed E-state index contributed by atoms with van der Waals surface area (Å²) >= 11 is 0. The van der Waals surface area contributed by atoms with Crippen LogP contribution in [0.25, 0.3) is 0 Å². The molecule has 2 atom stereocenters. The molecule has 0 aromatic carbocycles. The normalized spacial score (nSPS) is 24.5. The summed E-state index contributed by atoms with van der Waals surface area (Å²) in [6.07, 6.45) is 4.44. The van der Waals surface area contributed by atoms with Gasteiger partial charge in [0, 0.05) is 5.92 Å². The monoisotopic (exact) mass is 251 g/mol. The molecule has 0 radical (unpaired) electrons. The van der Waals surface area contributed by atoms with Gasteiger partial charge in [-0.1, -0.05) is 31.9 Å². The lowest BCUT2D eigenvalue weighted by Gasteiger charge is -2.37. The molecule has 0 spiro atoms. The molecule has 6 nitrogen and oxygen atoms in total. The fourth-order valence-electron chi connectivity index (χ4n) is 2.71. The maximum Gasteiger partial charge on any atom is 0.224 e. The first-order chi connectivity index (χ1) is 8.50. The first-order valence-electron chi connectivity index (χ1n) is 6.54. The molecule has 1 aromatic heterocycles. The summed E-state index contributed by atoms with van der Waals surface area (Å²) in [7, 11) is 0. The molecule has 1 saturated carbocycles. The number of H-pyrrole nitrogens is 1. The van der Waals surface area contributed by atoms with Gasteiger partial charge in [0.05, 0.1) is 6.04 Å². The van der Waals surface area contributed by atoms with E-state index in [1.54, 1.807) is 0 Å². The van der Waals surface area contributed by atoms with Crippen molar-refractivity contribution in [2.24, 2.45) is 11.3 Å². The van der Waals surface area contributed by atoms with Crippen LogP contribution in [0.4, 0.5) is 0 Å². The summed E-state index contributed by atoms with van der Waals surface area (Å²) in [5.74, 6) is 0.717. The summed E-state index contributed by atoms with van der Waals surface area (Å²) in [5, 5.41) is 16.7. The molecule has 18 heavy (non-hydrogen) atoms. The van der Waals surface area contributed by atoms with Gasteiger partial charge in [-0.3, -0.25) is 4.79 Å². The molecule has 100 valence electrons. The van der Waals surface area contributed by atoms with E-state index >= 15 is 0 Å². The SMILES string of the molecule is CC(NC(=O)C1CCCCC1(C)C)c1nn[nH]n1. The molecular weight excluding hydrogens is 230 g/mol. The van der Waals surface area contributed by atoms with Crippen LogP contribution in [0.15, 0.2) is 0 Å². The van der Waals surface area contributed by atoms with Gasteiger partial charge >= 0.3 is 0 Å². The van der Waals surface area contributed by atoms with Gasteiger partial charge < -0.3 is 5.32 Å². The highest BCUT2D eigenvalue weighted by Gasteiger charge is 2.37. The smallest absolute Gasteiger partial charge is 0.224 e. The van der Waals surface area contributed by atoms with E-state index in [-0.39, 0.29) is 23.3 Å². The van der Waals surface area contributed by atoms with Crippen LogP contribution >= 0.6 is 0 Å². The van der Waals surface area contributed by atoms with Crippen LogP contribution in [-0.2, 0) is 4.79 Å². The zero-order valence-electron chi connectivity index (χ0n) is 11.2. The Kier molecular flexibility index (Phi) is 3.63. The van der Waals surface area contributed by atoms with E-state index in [0.717, 1.165) is 19.3 Å². The van der Waals surface area contributed by atoms with Gasteiger partial charge in [0.1, 0.15) is 0 Å². The van der Waals surface area contributed by atoms with E-state index < -0.39 is 0 Å². The molecule has 0 saturated heterocycles. The van der Waals surface area contributed by atoms with Gasteiger partial charge in [-0.2, -0.15) is 5.21 Å². The number of hydrogen-bond acceptors (Lipinski definition) is 4. The average Bonchev–Trinajstić information content (AvgIpc) is 2.81. The van der Waals surface area contributed by atoms with E-state index in [4.69, 9.17) is 0 Å². The molecular formula is C12H21N5O. The minimum Gasteiger partial charge on any atom is -0.346 e. The van der Waals surface area contributed by atoms with Crippen LogP contribution in [0.5, 0.6) is 0 Å². The number of hydrogen-bond donors (Lipinski definition) is 2. The minimum absolute atomic E-state index is 0.0826. The van der Waals surface area contributed by atoms with E-state index in [0.29, 0.717) is 5.82 Å².